The van der Waals surface area contributed by atoms with E-state index in [9.17, 15) is 4.79 Å². The number of carbonyl (C=O) groups is 1. The quantitative estimate of drug-likeness (QED) is 0.657. The van der Waals surface area contributed by atoms with Crippen LogP contribution in [-0.2, 0) is 22.6 Å². The van der Waals surface area contributed by atoms with Gasteiger partial charge in [0.2, 0.25) is 0 Å². The predicted molar refractivity (Wildman–Crippen MR) is 75.9 cm³/mol. The second-order valence-corrected chi connectivity index (χ2v) is 5.27. The molecule has 2 aromatic rings. The Morgan fingerprint density at radius 1 is 1.32 bits per heavy atom. The number of esters is 1. The van der Waals surface area contributed by atoms with E-state index in [1.165, 1.54) is 0 Å². The molecule has 0 fully saturated rings. The van der Waals surface area contributed by atoms with Crippen molar-refractivity contribution in [2.24, 2.45) is 0 Å². The van der Waals surface area contributed by atoms with Crippen molar-refractivity contribution in [1.29, 1.82) is 0 Å². The molecule has 1 unspecified atom stereocenters. The second-order valence-electron chi connectivity index (χ2n) is 4.17. The Morgan fingerprint density at radius 3 is 2.79 bits per heavy atom. The average Bonchev–Trinajstić information content (AvgIpc) is 2.96. The zero-order valence-electron chi connectivity index (χ0n) is 10.4. The zero-order valence-corrected chi connectivity index (χ0v) is 12.0. The van der Waals surface area contributed by atoms with Crippen molar-refractivity contribution >= 4 is 21.9 Å². The van der Waals surface area contributed by atoms with Crippen molar-refractivity contribution in [2.45, 2.75) is 24.3 Å². The minimum atomic E-state index is -0.298. The summed E-state index contributed by atoms with van der Waals surface area (Å²) >= 11 is 3.35. The van der Waals surface area contributed by atoms with Gasteiger partial charge < -0.3 is 4.74 Å². The number of nitrogens with one attached hydrogen (secondary N) is 1. The van der Waals surface area contributed by atoms with Crippen LogP contribution in [0.2, 0.25) is 0 Å². The molecule has 1 atom stereocenters. The molecular weight excluding hydrogens is 308 g/mol. The average molecular weight is 323 g/mol. The number of ether oxygens (including phenoxy) is 1. The Morgan fingerprint density at radius 2 is 2.11 bits per heavy atom. The lowest BCUT2D eigenvalue weighted by Gasteiger charge is -2.09. The van der Waals surface area contributed by atoms with Crippen LogP contribution in [0.3, 0.4) is 0 Å². The molecule has 0 aliphatic rings. The molecule has 4 nitrogen and oxygen atoms in total. The van der Waals surface area contributed by atoms with Gasteiger partial charge in [-0.25, -0.2) is 0 Å². The molecule has 0 saturated carbocycles. The number of aromatic nitrogens is 2. The molecule has 2 rings (SSSR count). The summed E-state index contributed by atoms with van der Waals surface area (Å²) in [7, 11) is 0. The van der Waals surface area contributed by atoms with Gasteiger partial charge in [-0.2, -0.15) is 5.10 Å². The third-order valence-electron chi connectivity index (χ3n) is 2.69. The standard InChI is InChI=1S/C14H15BrN2O2/c15-13(7-6-12-8-9-16-17-12)14(18)19-10-11-4-2-1-3-5-11/h1-5,8-9,13H,6-7,10H2,(H,16,17). The maximum atomic E-state index is 11.8. The number of halogens is 1. The number of aromatic amines is 1. The molecule has 1 heterocycles. The highest BCUT2D eigenvalue weighted by Crippen LogP contribution is 2.12. The topological polar surface area (TPSA) is 55.0 Å². The van der Waals surface area contributed by atoms with Crippen molar-refractivity contribution in [2.75, 3.05) is 0 Å². The number of rotatable bonds is 6. The van der Waals surface area contributed by atoms with Gasteiger partial charge in [-0.05, 0) is 24.5 Å². The molecule has 0 aliphatic heterocycles. The van der Waals surface area contributed by atoms with Gasteiger partial charge in [0.05, 0.1) is 5.69 Å². The van der Waals surface area contributed by atoms with E-state index in [0.29, 0.717) is 13.0 Å². The first kappa shape index (κ1) is 13.8. The van der Waals surface area contributed by atoms with Crippen LogP contribution in [0.5, 0.6) is 0 Å². The molecule has 5 heteroatoms. The van der Waals surface area contributed by atoms with Gasteiger partial charge in [-0.15, -0.1) is 0 Å². The Hall–Kier alpha value is -1.62. The molecule has 1 aromatic heterocycles. The van der Waals surface area contributed by atoms with Gasteiger partial charge in [0.25, 0.3) is 0 Å². The second kappa shape index (κ2) is 7.09. The Balaban J connectivity index is 1.73. The van der Waals surface area contributed by atoms with Gasteiger partial charge in [-0.1, -0.05) is 46.3 Å². The smallest absolute Gasteiger partial charge is 0.320 e. The van der Waals surface area contributed by atoms with E-state index in [4.69, 9.17) is 4.74 Å². The first-order valence-corrected chi connectivity index (χ1v) is 7.00. The molecule has 19 heavy (non-hydrogen) atoms. The van der Waals surface area contributed by atoms with Crippen molar-refractivity contribution in [3.8, 4) is 0 Å². The fourth-order valence-corrected chi connectivity index (χ4v) is 2.00. The van der Waals surface area contributed by atoms with E-state index >= 15 is 0 Å². The molecule has 0 spiro atoms. The number of nitrogens with zero attached hydrogens (tertiary/aromatic N) is 1. The van der Waals surface area contributed by atoms with Crippen LogP contribution in [0.25, 0.3) is 0 Å². The summed E-state index contributed by atoms with van der Waals surface area (Å²) in [4.78, 5) is 11.5. The molecule has 0 bridgehead atoms. The highest BCUT2D eigenvalue weighted by Gasteiger charge is 2.16. The van der Waals surface area contributed by atoms with Crippen LogP contribution in [-0.4, -0.2) is 21.0 Å². The number of hydrogen-bond donors (Lipinski definition) is 1. The maximum Gasteiger partial charge on any atom is 0.320 e. The third kappa shape index (κ3) is 4.52. The van der Waals surface area contributed by atoms with Crippen LogP contribution in [0.15, 0.2) is 42.6 Å². The summed E-state index contributed by atoms with van der Waals surface area (Å²) < 4.78 is 5.25. The fraction of sp³-hybridized carbons (Fsp3) is 0.286. The first-order chi connectivity index (χ1) is 9.25. The summed E-state index contributed by atoms with van der Waals surface area (Å²) in [5, 5.41) is 6.79. The van der Waals surface area contributed by atoms with E-state index in [1.807, 2.05) is 36.4 Å². The highest BCUT2D eigenvalue weighted by atomic mass is 79.9. The van der Waals surface area contributed by atoms with Gasteiger partial charge in [0.15, 0.2) is 0 Å². The molecule has 0 radical (unpaired) electrons. The number of H-pyrrole nitrogens is 1. The zero-order chi connectivity index (χ0) is 13.5. The van der Waals surface area contributed by atoms with Crippen molar-refractivity contribution in [1.82, 2.24) is 10.2 Å². The minimum Gasteiger partial charge on any atom is -0.460 e. The van der Waals surface area contributed by atoms with Crippen molar-refractivity contribution < 1.29 is 9.53 Å². The van der Waals surface area contributed by atoms with Crippen LogP contribution >= 0.6 is 15.9 Å². The SMILES string of the molecule is O=C(OCc1ccccc1)C(Br)CCc1cc[nH]n1. The molecule has 0 saturated heterocycles. The molecular formula is C14H15BrN2O2. The highest BCUT2D eigenvalue weighted by molar-refractivity contribution is 9.10. The number of benzene rings is 1. The Kier molecular flexibility index (Phi) is 5.15. The van der Waals surface area contributed by atoms with E-state index in [0.717, 1.165) is 17.7 Å². The molecule has 0 amide bonds. The summed E-state index contributed by atoms with van der Waals surface area (Å²) in [6, 6.07) is 11.5. The summed E-state index contributed by atoms with van der Waals surface area (Å²) in [6.45, 7) is 0.310. The Bertz CT molecular complexity index is 499. The summed E-state index contributed by atoms with van der Waals surface area (Å²) in [6.07, 6.45) is 3.17. The first-order valence-electron chi connectivity index (χ1n) is 6.09. The van der Waals surface area contributed by atoms with E-state index in [2.05, 4.69) is 26.1 Å². The number of aryl methyl sites for hydroxylation is 1. The summed E-state index contributed by atoms with van der Waals surface area (Å²) in [5.74, 6) is -0.237. The van der Waals surface area contributed by atoms with E-state index < -0.39 is 0 Å². The number of alkyl halides is 1. The maximum absolute atomic E-state index is 11.8. The van der Waals surface area contributed by atoms with Crippen LogP contribution in [0, 0.1) is 0 Å². The summed E-state index contributed by atoms with van der Waals surface area (Å²) in [5.41, 5.74) is 1.93. The monoisotopic (exact) mass is 322 g/mol. The predicted octanol–water partition coefficient (Wildman–Crippen LogP) is 2.85. The number of hydrogen-bond acceptors (Lipinski definition) is 3. The fourth-order valence-electron chi connectivity index (χ4n) is 1.64. The number of carbonyl (C=O) groups excluding carboxylic acids is 1. The van der Waals surface area contributed by atoms with Crippen LogP contribution < -0.4 is 0 Å². The molecule has 1 aromatic carbocycles. The lowest BCUT2D eigenvalue weighted by atomic mass is 10.2. The lowest BCUT2D eigenvalue weighted by Crippen LogP contribution is -2.18. The van der Waals surface area contributed by atoms with Crippen LogP contribution in [0.4, 0.5) is 0 Å². The molecule has 0 aliphatic carbocycles. The van der Waals surface area contributed by atoms with Gasteiger partial charge in [-0.3, -0.25) is 9.89 Å². The van der Waals surface area contributed by atoms with Gasteiger partial charge in [0.1, 0.15) is 11.4 Å². The Labute approximate surface area is 120 Å². The van der Waals surface area contributed by atoms with Crippen molar-refractivity contribution in [3.63, 3.8) is 0 Å². The minimum absolute atomic E-state index is 0.237. The largest absolute Gasteiger partial charge is 0.460 e. The molecule has 100 valence electrons. The van der Waals surface area contributed by atoms with Crippen molar-refractivity contribution in [3.05, 3.63) is 53.9 Å². The third-order valence-corrected chi connectivity index (χ3v) is 3.52. The molecule has 1 N–H and O–H groups in total. The van der Waals surface area contributed by atoms with Gasteiger partial charge in [0, 0.05) is 6.20 Å². The van der Waals surface area contributed by atoms with E-state index in [1.54, 1.807) is 6.20 Å². The lowest BCUT2D eigenvalue weighted by molar-refractivity contribution is -0.144. The van der Waals surface area contributed by atoms with E-state index in [-0.39, 0.29) is 10.8 Å². The van der Waals surface area contributed by atoms with Crippen LogP contribution in [0.1, 0.15) is 17.7 Å². The van der Waals surface area contributed by atoms with Gasteiger partial charge >= 0.3 is 5.97 Å². The normalized spacial score (nSPS) is 12.1.